The van der Waals surface area contributed by atoms with Crippen molar-refractivity contribution in [2.45, 2.75) is 63.0 Å². The van der Waals surface area contributed by atoms with E-state index in [4.69, 9.17) is 15.5 Å². The van der Waals surface area contributed by atoms with E-state index in [9.17, 15) is 4.79 Å². The van der Waals surface area contributed by atoms with Gasteiger partial charge in [0.05, 0.1) is 17.8 Å². The highest BCUT2D eigenvalue weighted by atomic mass is 32.2. The van der Waals surface area contributed by atoms with E-state index >= 15 is 0 Å². The summed E-state index contributed by atoms with van der Waals surface area (Å²) in [6, 6.07) is 7.84. The molecule has 0 bridgehead atoms. The molecule has 0 spiro atoms. The topological polar surface area (TPSA) is 64.7 Å². The van der Waals surface area contributed by atoms with Crippen molar-refractivity contribution in [2.24, 2.45) is 10.4 Å². The summed E-state index contributed by atoms with van der Waals surface area (Å²) < 4.78 is 4.83. The molecule has 26 heavy (non-hydrogen) atoms. The van der Waals surface area contributed by atoms with Gasteiger partial charge in [-0.1, -0.05) is 26.0 Å². The van der Waals surface area contributed by atoms with E-state index in [1.807, 2.05) is 38.1 Å². The maximum Gasteiger partial charge on any atom is 0.307 e. The molecule has 0 saturated heterocycles. The Morgan fingerprint density at radius 1 is 1.35 bits per heavy atom. The number of benzene rings is 1. The Labute approximate surface area is 160 Å². The van der Waals surface area contributed by atoms with Gasteiger partial charge in [0.25, 0.3) is 0 Å². The second kappa shape index (κ2) is 7.10. The Morgan fingerprint density at radius 2 is 2.08 bits per heavy atom. The number of allylic oxidation sites excluding steroid dienone is 1. The normalized spacial score (nSPS) is 24.2. The summed E-state index contributed by atoms with van der Waals surface area (Å²) in [5.41, 5.74) is 10.6. The molecule has 1 atom stereocenters. The summed E-state index contributed by atoms with van der Waals surface area (Å²) in [5.74, 6) is -0.178. The molecule has 2 N–H and O–H groups in total. The molecule has 0 aromatic heterocycles. The maximum atomic E-state index is 12.5. The summed E-state index contributed by atoms with van der Waals surface area (Å²) in [6.45, 7) is 8.85. The molecule has 1 aliphatic carbocycles. The van der Waals surface area contributed by atoms with Crippen molar-refractivity contribution in [3.8, 4) is 0 Å². The standard InChI is InChI=1S/C21H28N2O2S/c1-5-25-19(24)13-21(26-18-9-7-6-8-16(18)22)14(2)23-17-12-20(3,4)11-10-15(17)21/h6-9H,5,10-13,22H2,1-4H3. The molecular weight excluding hydrogens is 344 g/mol. The monoisotopic (exact) mass is 372 g/mol. The number of hydrogen-bond acceptors (Lipinski definition) is 5. The zero-order valence-corrected chi connectivity index (χ0v) is 16.9. The Kier molecular flexibility index (Phi) is 5.20. The van der Waals surface area contributed by atoms with Gasteiger partial charge in [0, 0.05) is 22.0 Å². The molecule has 3 rings (SSSR count). The van der Waals surface area contributed by atoms with Crippen LogP contribution in [-0.2, 0) is 9.53 Å². The number of esters is 1. The zero-order chi connectivity index (χ0) is 18.9. The molecule has 5 heteroatoms. The van der Waals surface area contributed by atoms with Crippen LogP contribution in [0.25, 0.3) is 0 Å². The lowest BCUT2D eigenvalue weighted by atomic mass is 9.73. The minimum Gasteiger partial charge on any atom is -0.466 e. The van der Waals surface area contributed by atoms with Gasteiger partial charge in [-0.2, -0.15) is 0 Å². The Balaban J connectivity index is 2.04. The van der Waals surface area contributed by atoms with Gasteiger partial charge in [-0.25, -0.2) is 0 Å². The quantitative estimate of drug-likeness (QED) is 0.584. The number of carbonyl (C=O) groups is 1. The first kappa shape index (κ1) is 19.0. The Morgan fingerprint density at radius 3 is 2.77 bits per heavy atom. The minimum absolute atomic E-state index is 0.178. The van der Waals surface area contributed by atoms with E-state index < -0.39 is 4.75 Å². The molecule has 0 fully saturated rings. The van der Waals surface area contributed by atoms with Crippen LogP contribution in [0.1, 0.15) is 53.4 Å². The van der Waals surface area contributed by atoms with E-state index in [0.29, 0.717) is 13.0 Å². The molecule has 0 saturated carbocycles. The third-order valence-corrected chi connectivity index (χ3v) is 6.95. The van der Waals surface area contributed by atoms with Crippen molar-refractivity contribution < 1.29 is 9.53 Å². The Hall–Kier alpha value is -1.75. The second-order valence-corrected chi connectivity index (χ2v) is 9.25. The lowest BCUT2D eigenvalue weighted by molar-refractivity contribution is -0.143. The van der Waals surface area contributed by atoms with E-state index in [1.54, 1.807) is 11.8 Å². The highest BCUT2D eigenvalue weighted by Gasteiger charge is 2.48. The number of nitrogen functional groups attached to an aromatic ring is 1. The van der Waals surface area contributed by atoms with Crippen LogP contribution in [-0.4, -0.2) is 23.0 Å². The van der Waals surface area contributed by atoms with Gasteiger partial charge in [0.1, 0.15) is 0 Å². The second-order valence-electron chi connectivity index (χ2n) is 7.91. The van der Waals surface area contributed by atoms with Crippen LogP contribution in [0.5, 0.6) is 0 Å². The van der Waals surface area contributed by atoms with Crippen LogP contribution in [0, 0.1) is 5.41 Å². The van der Waals surface area contributed by atoms with Crippen molar-refractivity contribution >= 4 is 29.1 Å². The predicted molar refractivity (Wildman–Crippen MR) is 108 cm³/mol. The fourth-order valence-corrected chi connectivity index (χ4v) is 5.33. The summed E-state index contributed by atoms with van der Waals surface area (Å²) in [5, 5.41) is 0. The number of aliphatic imine (C=N–C) groups is 1. The summed E-state index contributed by atoms with van der Waals surface area (Å²) in [7, 11) is 0. The van der Waals surface area contributed by atoms with Crippen LogP contribution in [0.3, 0.4) is 0 Å². The van der Waals surface area contributed by atoms with Crippen LogP contribution < -0.4 is 5.73 Å². The number of ether oxygens (including phenoxy) is 1. The molecule has 0 radical (unpaired) electrons. The fourth-order valence-electron chi connectivity index (χ4n) is 3.89. The first-order chi connectivity index (χ1) is 12.3. The number of hydrogen-bond donors (Lipinski definition) is 1. The molecule has 140 valence electrons. The van der Waals surface area contributed by atoms with Gasteiger partial charge in [0.2, 0.25) is 0 Å². The molecule has 1 unspecified atom stereocenters. The van der Waals surface area contributed by atoms with Gasteiger partial charge in [-0.15, -0.1) is 11.8 Å². The number of para-hydroxylation sites is 1. The number of carbonyl (C=O) groups excluding carboxylic acids is 1. The molecule has 0 amide bonds. The van der Waals surface area contributed by atoms with E-state index in [0.717, 1.165) is 41.3 Å². The number of nitrogens with two attached hydrogens (primary N) is 1. The third-order valence-electron chi connectivity index (χ3n) is 5.32. The summed E-state index contributed by atoms with van der Waals surface area (Å²) in [6.07, 6.45) is 3.32. The van der Waals surface area contributed by atoms with Crippen molar-refractivity contribution in [1.29, 1.82) is 0 Å². The average molecular weight is 373 g/mol. The van der Waals surface area contributed by atoms with E-state index in [1.165, 1.54) is 5.57 Å². The van der Waals surface area contributed by atoms with Crippen molar-refractivity contribution in [3.63, 3.8) is 0 Å². The van der Waals surface area contributed by atoms with Gasteiger partial charge in [-0.05, 0) is 56.2 Å². The molecule has 1 aromatic rings. The maximum absolute atomic E-state index is 12.5. The van der Waals surface area contributed by atoms with E-state index in [2.05, 4.69) is 13.8 Å². The van der Waals surface area contributed by atoms with Gasteiger partial charge in [0.15, 0.2) is 0 Å². The molecule has 1 aliphatic heterocycles. The van der Waals surface area contributed by atoms with Gasteiger partial charge >= 0.3 is 5.97 Å². The average Bonchev–Trinajstić information content (AvgIpc) is 2.80. The van der Waals surface area contributed by atoms with Crippen LogP contribution in [0.4, 0.5) is 5.69 Å². The van der Waals surface area contributed by atoms with Crippen molar-refractivity contribution in [3.05, 3.63) is 35.5 Å². The summed E-state index contributed by atoms with van der Waals surface area (Å²) >= 11 is 1.66. The zero-order valence-electron chi connectivity index (χ0n) is 16.1. The Bertz CT molecular complexity index is 782. The first-order valence-electron chi connectivity index (χ1n) is 9.25. The van der Waals surface area contributed by atoms with Crippen LogP contribution >= 0.6 is 11.8 Å². The van der Waals surface area contributed by atoms with E-state index in [-0.39, 0.29) is 11.4 Å². The van der Waals surface area contributed by atoms with Crippen LogP contribution in [0.2, 0.25) is 0 Å². The molecule has 4 nitrogen and oxygen atoms in total. The number of rotatable bonds is 5. The number of nitrogens with zero attached hydrogens (tertiary/aromatic N) is 1. The molecule has 1 aromatic carbocycles. The highest BCUT2D eigenvalue weighted by molar-refractivity contribution is 8.01. The van der Waals surface area contributed by atoms with Crippen molar-refractivity contribution in [2.75, 3.05) is 12.3 Å². The summed E-state index contributed by atoms with van der Waals surface area (Å²) in [4.78, 5) is 18.4. The van der Waals surface area contributed by atoms with Gasteiger partial charge < -0.3 is 10.5 Å². The molecule has 2 aliphatic rings. The smallest absolute Gasteiger partial charge is 0.307 e. The van der Waals surface area contributed by atoms with Gasteiger partial charge in [-0.3, -0.25) is 9.79 Å². The van der Waals surface area contributed by atoms with Crippen molar-refractivity contribution in [1.82, 2.24) is 0 Å². The van der Waals surface area contributed by atoms with Crippen LogP contribution in [0.15, 0.2) is 45.4 Å². The number of thioether (sulfide) groups is 1. The predicted octanol–water partition coefficient (Wildman–Crippen LogP) is 4.99. The third kappa shape index (κ3) is 3.54. The highest BCUT2D eigenvalue weighted by Crippen LogP contribution is 2.55. The lowest BCUT2D eigenvalue weighted by Gasteiger charge is -2.37. The fraction of sp³-hybridized carbons (Fsp3) is 0.524. The molecule has 1 heterocycles. The SMILES string of the molecule is CCOC(=O)CC1(Sc2ccccc2N)C(C)=NC2=C1CCC(C)(C)C2. The lowest BCUT2D eigenvalue weighted by Crippen LogP contribution is -2.38. The number of anilines is 1. The minimum atomic E-state index is -0.479. The first-order valence-corrected chi connectivity index (χ1v) is 10.1. The molecular formula is C21H28N2O2S. The largest absolute Gasteiger partial charge is 0.466 e.